The van der Waals surface area contributed by atoms with Crippen molar-refractivity contribution < 1.29 is 64.6 Å². The predicted octanol–water partition coefficient (Wildman–Crippen LogP) is 6.18. The van der Waals surface area contributed by atoms with Crippen molar-refractivity contribution in [3.8, 4) is 17.2 Å². The fraction of sp³-hybridized carbons (Fsp3) is 0.0714. The summed E-state index contributed by atoms with van der Waals surface area (Å²) >= 11 is 0. The van der Waals surface area contributed by atoms with Crippen molar-refractivity contribution in [3.05, 3.63) is 119 Å². The van der Waals surface area contributed by atoms with Gasteiger partial charge in [-0.05, 0) is 78.3 Å². The molecule has 4 rings (SSSR count). The van der Waals surface area contributed by atoms with Crippen LogP contribution in [0, 0.1) is 11.6 Å². The second-order valence-corrected chi connectivity index (χ2v) is 8.32. The highest BCUT2D eigenvalue weighted by Gasteiger charge is 2.32. The molecule has 0 amide bonds. The second kappa shape index (κ2) is 14.9. The van der Waals surface area contributed by atoms with Gasteiger partial charge >= 0.3 is 19.5 Å². The molecule has 6 nitrogen and oxygen atoms in total. The molecule has 0 unspecified atom stereocenters. The van der Waals surface area contributed by atoms with Crippen LogP contribution in [0.5, 0.6) is 17.2 Å². The van der Waals surface area contributed by atoms with Crippen LogP contribution in [0.15, 0.2) is 84.9 Å². The summed E-state index contributed by atoms with van der Waals surface area (Å²) in [6.45, 7) is 0. The lowest BCUT2D eigenvalue weighted by atomic mass is 9.78. The molecule has 0 bridgehead atoms. The van der Waals surface area contributed by atoms with Crippen LogP contribution in [0.4, 0.5) is 35.1 Å². The number of hydrogen-bond acceptors (Lipinski definition) is 6. The van der Waals surface area contributed by atoms with E-state index in [0.717, 1.165) is 30.3 Å². The first-order chi connectivity index (χ1) is 20.0. The lowest BCUT2D eigenvalue weighted by Crippen LogP contribution is -2.31. The van der Waals surface area contributed by atoms with Gasteiger partial charge in [0.05, 0.1) is 11.1 Å². The SMILES string of the molecule is O=Cc1cc(B(O)O)cc(C(F)(F)F)c1.O=Cc1cc(Oc2ccc(F)cc2)cc(C(F)(F)F)c1.Oc1ccc(F)cc1. The van der Waals surface area contributed by atoms with E-state index in [-0.39, 0.29) is 45.9 Å². The number of rotatable bonds is 5. The largest absolute Gasteiger partial charge is 0.508 e. The average molecular weight is 614 g/mol. The number of halogens is 8. The van der Waals surface area contributed by atoms with E-state index in [1.54, 1.807) is 0 Å². The summed E-state index contributed by atoms with van der Waals surface area (Å²) in [6.07, 6.45) is -8.70. The standard InChI is InChI=1S/C14H8F4O2.C8H6BF3O3.C6H5FO/c15-11-1-3-12(4-2-11)20-13-6-9(8-19)5-10(7-13)14(16,17)18;10-8(11,12)6-1-5(4-13)2-7(3-6)9(14)15;7-5-1-3-6(8)4-2-5/h1-8H;1-4,14-15H;1-4,8H. The predicted molar refractivity (Wildman–Crippen MR) is 138 cm³/mol. The van der Waals surface area contributed by atoms with E-state index in [2.05, 4.69) is 0 Å². The number of phenols is 1. The summed E-state index contributed by atoms with van der Waals surface area (Å²) in [5, 5.41) is 26.0. The van der Waals surface area contributed by atoms with Gasteiger partial charge in [-0.2, -0.15) is 26.3 Å². The molecule has 0 aliphatic rings. The van der Waals surface area contributed by atoms with E-state index in [0.29, 0.717) is 18.4 Å². The minimum absolute atomic E-state index is 0.0893. The average Bonchev–Trinajstić information content (AvgIpc) is 2.95. The van der Waals surface area contributed by atoms with E-state index in [1.165, 1.54) is 42.5 Å². The van der Waals surface area contributed by atoms with Gasteiger partial charge < -0.3 is 19.9 Å². The fourth-order valence-electron chi connectivity index (χ4n) is 3.05. The molecule has 0 heterocycles. The molecule has 0 aromatic heterocycles. The van der Waals surface area contributed by atoms with Crippen molar-refractivity contribution in [2.45, 2.75) is 12.4 Å². The topological polar surface area (TPSA) is 104 Å². The summed E-state index contributed by atoms with van der Waals surface area (Å²) < 4.78 is 105. The van der Waals surface area contributed by atoms with Gasteiger partial charge in [-0.1, -0.05) is 12.1 Å². The van der Waals surface area contributed by atoms with Crippen LogP contribution >= 0.6 is 0 Å². The van der Waals surface area contributed by atoms with Gasteiger partial charge in [0.15, 0.2) is 0 Å². The highest BCUT2D eigenvalue weighted by molar-refractivity contribution is 6.58. The Kier molecular flexibility index (Phi) is 12.0. The number of aldehydes is 2. The fourth-order valence-corrected chi connectivity index (χ4v) is 3.05. The van der Waals surface area contributed by atoms with Crippen molar-refractivity contribution in [2.75, 3.05) is 0 Å². The van der Waals surface area contributed by atoms with Crippen molar-refractivity contribution in [3.63, 3.8) is 0 Å². The molecule has 0 saturated carbocycles. The first-order valence-corrected chi connectivity index (χ1v) is 11.6. The zero-order valence-corrected chi connectivity index (χ0v) is 21.4. The van der Waals surface area contributed by atoms with Crippen LogP contribution in [-0.4, -0.2) is 34.8 Å². The maximum absolute atomic E-state index is 12.7. The normalized spacial score (nSPS) is 10.8. The molecule has 0 aliphatic carbocycles. The number of aromatic hydroxyl groups is 1. The van der Waals surface area contributed by atoms with Crippen LogP contribution < -0.4 is 10.2 Å². The van der Waals surface area contributed by atoms with Crippen LogP contribution in [0.3, 0.4) is 0 Å². The van der Waals surface area contributed by atoms with E-state index < -0.39 is 36.4 Å². The van der Waals surface area contributed by atoms with Gasteiger partial charge in [-0.3, -0.25) is 9.59 Å². The first-order valence-electron chi connectivity index (χ1n) is 11.6. The van der Waals surface area contributed by atoms with Crippen LogP contribution in [0.1, 0.15) is 31.8 Å². The van der Waals surface area contributed by atoms with E-state index in [4.69, 9.17) is 19.9 Å². The van der Waals surface area contributed by atoms with Gasteiger partial charge in [0.25, 0.3) is 0 Å². The number of alkyl halides is 6. The third-order valence-corrected chi connectivity index (χ3v) is 5.01. The third-order valence-electron chi connectivity index (χ3n) is 5.01. The van der Waals surface area contributed by atoms with Gasteiger partial charge in [-0.25, -0.2) is 8.78 Å². The maximum Gasteiger partial charge on any atom is 0.488 e. The molecule has 0 spiro atoms. The molecule has 3 N–H and O–H groups in total. The van der Waals surface area contributed by atoms with E-state index >= 15 is 0 Å². The number of benzene rings is 4. The summed E-state index contributed by atoms with van der Waals surface area (Å²) in [5.41, 5.74) is -2.86. The smallest absolute Gasteiger partial charge is 0.488 e. The van der Waals surface area contributed by atoms with Crippen LogP contribution in [0.2, 0.25) is 0 Å². The summed E-state index contributed by atoms with van der Waals surface area (Å²) in [4.78, 5) is 21.0. The molecule has 0 aliphatic heterocycles. The lowest BCUT2D eigenvalue weighted by molar-refractivity contribution is -0.138. The summed E-state index contributed by atoms with van der Waals surface area (Å²) in [7, 11) is -2.04. The van der Waals surface area contributed by atoms with Crippen molar-refractivity contribution in [1.82, 2.24) is 0 Å². The first kappa shape index (κ1) is 34.4. The van der Waals surface area contributed by atoms with Gasteiger partial charge in [-0.15, -0.1) is 0 Å². The molecule has 0 fully saturated rings. The number of hydrogen-bond donors (Lipinski definition) is 3. The Morgan fingerprint density at radius 3 is 1.47 bits per heavy atom. The Morgan fingerprint density at radius 1 is 0.605 bits per heavy atom. The molecule has 0 atom stereocenters. The molecule has 4 aromatic rings. The zero-order valence-electron chi connectivity index (χ0n) is 21.4. The van der Waals surface area contributed by atoms with Gasteiger partial charge in [0.2, 0.25) is 0 Å². The molecule has 0 saturated heterocycles. The Hall–Kier alpha value is -4.76. The van der Waals surface area contributed by atoms with Crippen molar-refractivity contribution >= 4 is 25.2 Å². The van der Waals surface area contributed by atoms with Crippen LogP contribution in [0.25, 0.3) is 0 Å². The molecular formula is C28H19BF8O6. The minimum atomic E-state index is -4.62. The lowest BCUT2D eigenvalue weighted by Gasteiger charge is -2.11. The van der Waals surface area contributed by atoms with Crippen molar-refractivity contribution in [2.24, 2.45) is 0 Å². The second-order valence-electron chi connectivity index (χ2n) is 8.32. The van der Waals surface area contributed by atoms with Gasteiger partial charge in [0, 0.05) is 11.1 Å². The molecular weight excluding hydrogens is 595 g/mol. The number of ether oxygens (including phenoxy) is 1. The van der Waals surface area contributed by atoms with E-state index in [1.807, 2.05) is 0 Å². The monoisotopic (exact) mass is 614 g/mol. The molecule has 15 heteroatoms. The number of phenolic OH excluding ortho intramolecular Hbond substituents is 1. The zero-order chi connectivity index (χ0) is 32.4. The highest BCUT2D eigenvalue weighted by atomic mass is 19.4. The van der Waals surface area contributed by atoms with Crippen LogP contribution in [-0.2, 0) is 12.4 Å². The third kappa shape index (κ3) is 11.6. The highest BCUT2D eigenvalue weighted by Crippen LogP contribution is 2.34. The maximum atomic E-state index is 12.7. The molecule has 4 aromatic carbocycles. The summed E-state index contributed by atoms with van der Waals surface area (Å²) in [5.74, 6) is -0.708. The summed E-state index contributed by atoms with van der Waals surface area (Å²) in [6, 6.07) is 14.7. The Balaban J connectivity index is 0.000000246. The van der Waals surface area contributed by atoms with E-state index in [9.17, 15) is 44.7 Å². The quantitative estimate of drug-likeness (QED) is 0.141. The molecule has 226 valence electrons. The molecule has 0 radical (unpaired) electrons. The van der Waals surface area contributed by atoms with Gasteiger partial charge in [0.1, 0.15) is 41.5 Å². The number of carbonyl (C=O) groups excluding carboxylic acids is 2. The molecule has 43 heavy (non-hydrogen) atoms. The minimum Gasteiger partial charge on any atom is -0.508 e. The van der Waals surface area contributed by atoms with Crippen molar-refractivity contribution in [1.29, 1.82) is 0 Å². The Bertz CT molecular complexity index is 1490. The number of carbonyl (C=O) groups is 2. The Labute approximate surface area is 238 Å². The Morgan fingerprint density at radius 2 is 1.05 bits per heavy atom.